The van der Waals surface area contributed by atoms with Crippen LogP contribution in [-0.2, 0) is 16.6 Å². The second-order valence-electron chi connectivity index (χ2n) is 4.13. The summed E-state index contributed by atoms with van der Waals surface area (Å²) >= 11 is 3.21. The van der Waals surface area contributed by atoms with Gasteiger partial charge in [-0.05, 0) is 42.5 Å². The number of nitrogen functional groups attached to an aromatic ring is 1. The van der Waals surface area contributed by atoms with Crippen molar-refractivity contribution in [2.75, 3.05) is 5.73 Å². The molecule has 0 atom stereocenters. The summed E-state index contributed by atoms with van der Waals surface area (Å²) in [5.74, 6) is -0.465. The molecule has 0 fully saturated rings. The Morgan fingerprint density at radius 3 is 2.45 bits per heavy atom. The van der Waals surface area contributed by atoms with Crippen LogP contribution < -0.4 is 10.5 Å². The van der Waals surface area contributed by atoms with Crippen molar-refractivity contribution in [2.45, 2.75) is 11.4 Å². The van der Waals surface area contributed by atoms with Crippen LogP contribution in [-0.4, -0.2) is 8.42 Å². The lowest BCUT2D eigenvalue weighted by molar-refractivity contribution is 0.574. The van der Waals surface area contributed by atoms with Gasteiger partial charge in [-0.15, -0.1) is 0 Å². The maximum Gasteiger partial charge on any atom is 0.240 e. The third-order valence-electron chi connectivity index (χ3n) is 2.65. The fourth-order valence-corrected chi connectivity index (χ4v) is 3.00. The molecular formula is C13H12BrFN2O2S. The number of rotatable bonds is 4. The van der Waals surface area contributed by atoms with Crippen LogP contribution in [0.25, 0.3) is 0 Å². The number of hydrogen-bond acceptors (Lipinski definition) is 3. The van der Waals surface area contributed by atoms with Crippen LogP contribution in [0.5, 0.6) is 0 Å². The molecule has 3 N–H and O–H groups in total. The molecule has 0 radical (unpaired) electrons. The Morgan fingerprint density at radius 1 is 1.15 bits per heavy atom. The Morgan fingerprint density at radius 2 is 1.80 bits per heavy atom. The van der Waals surface area contributed by atoms with Gasteiger partial charge in [0.25, 0.3) is 0 Å². The third kappa shape index (κ3) is 3.56. The summed E-state index contributed by atoms with van der Waals surface area (Å²) in [6, 6.07) is 10.1. The first-order valence-electron chi connectivity index (χ1n) is 5.67. The summed E-state index contributed by atoms with van der Waals surface area (Å²) in [7, 11) is -3.69. The first kappa shape index (κ1) is 15.0. The van der Waals surface area contributed by atoms with E-state index in [1.165, 1.54) is 36.4 Å². The number of sulfonamides is 1. The van der Waals surface area contributed by atoms with E-state index in [9.17, 15) is 12.8 Å². The number of benzene rings is 2. The van der Waals surface area contributed by atoms with E-state index in [-0.39, 0.29) is 17.0 Å². The lowest BCUT2D eigenvalue weighted by Crippen LogP contribution is -2.23. The molecule has 0 heterocycles. The van der Waals surface area contributed by atoms with Crippen molar-refractivity contribution in [1.29, 1.82) is 0 Å². The minimum atomic E-state index is -3.69. The quantitative estimate of drug-likeness (QED) is 0.825. The van der Waals surface area contributed by atoms with Crippen LogP contribution in [0.1, 0.15) is 5.56 Å². The molecule has 4 nitrogen and oxygen atoms in total. The van der Waals surface area contributed by atoms with Crippen LogP contribution >= 0.6 is 15.9 Å². The molecule has 2 rings (SSSR count). The van der Waals surface area contributed by atoms with Gasteiger partial charge in [-0.25, -0.2) is 17.5 Å². The lowest BCUT2D eigenvalue weighted by Gasteiger charge is -2.08. The smallest absolute Gasteiger partial charge is 0.240 e. The second-order valence-corrected chi connectivity index (χ2v) is 6.81. The molecule has 0 bridgehead atoms. The molecule has 0 amide bonds. The Hall–Kier alpha value is -1.44. The number of nitrogens with one attached hydrogen (secondary N) is 1. The summed E-state index contributed by atoms with van der Waals surface area (Å²) in [4.78, 5) is 0.0853. The van der Waals surface area contributed by atoms with Gasteiger partial charge in [0, 0.05) is 22.3 Å². The van der Waals surface area contributed by atoms with Gasteiger partial charge in [0.15, 0.2) is 0 Å². The maximum absolute atomic E-state index is 13.5. The second kappa shape index (κ2) is 5.90. The average molecular weight is 359 g/mol. The van der Waals surface area contributed by atoms with Crippen molar-refractivity contribution in [3.8, 4) is 0 Å². The number of halogens is 2. The largest absolute Gasteiger partial charge is 0.399 e. The van der Waals surface area contributed by atoms with E-state index in [1.54, 1.807) is 6.07 Å². The Kier molecular flexibility index (Phi) is 4.42. The zero-order valence-electron chi connectivity index (χ0n) is 10.3. The molecule has 0 aliphatic rings. The van der Waals surface area contributed by atoms with E-state index >= 15 is 0 Å². The van der Waals surface area contributed by atoms with E-state index in [0.717, 1.165) is 0 Å². The van der Waals surface area contributed by atoms with Gasteiger partial charge >= 0.3 is 0 Å². The predicted molar refractivity (Wildman–Crippen MR) is 79.0 cm³/mol. The molecule has 7 heteroatoms. The van der Waals surface area contributed by atoms with Crippen molar-refractivity contribution in [2.24, 2.45) is 0 Å². The average Bonchev–Trinajstić information content (AvgIpc) is 2.40. The monoisotopic (exact) mass is 358 g/mol. The van der Waals surface area contributed by atoms with Crippen molar-refractivity contribution in [3.05, 3.63) is 58.3 Å². The zero-order chi connectivity index (χ0) is 14.8. The summed E-state index contributed by atoms with van der Waals surface area (Å²) in [5.41, 5.74) is 6.24. The molecule has 0 saturated carbocycles. The van der Waals surface area contributed by atoms with Gasteiger partial charge in [-0.1, -0.05) is 15.9 Å². The molecule has 0 aliphatic carbocycles. The highest BCUT2D eigenvalue weighted by molar-refractivity contribution is 9.10. The van der Waals surface area contributed by atoms with Gasteiger partial charge in [-0.3, -0.25) is 0 Å². The van der Waals surface area contributed by atoms with Crippen molar-refractivity contribution in [3.63, 3.8) is 0 Å². The first-order chi connectivity index (χ1) is 9.38. The fraction of sp³-hybridized carbons (Fsp3) is 0.0769. The van der Waals surface area contributed by atoms with Crippen molar-refractivity contribution in [1.82, 2.24) is 4.72 Å². The summed E-state index contributed by atoms with van der Waals surface area (Å²) < 4.78 is 40.6. The third-order valence-corrected chi connectivity index (χ3v) is 4.56. The molecule has 0 spiro atoms. The zero-order valence-corrected chi connectivity index (χ0v) is 12.7. The van der Waals surface area contributed by atoms with E-state index in [0.29, 0.717) is 10.2 Å². The van der Waals surface area contributed by atoms with Crippen LogP contribution in [0.2, 0.25) is 0 Å². The fourth-order valence-electron chi connectivity index (χ4n) is 1.58. The Bertz CT molecular complexity index is 718. The molecule has 2 aromatic rings. The molecular weight excluding hydrogens is 347 g/mol. The number of anilines is 1. The van der Waals surface area contributed by atoms with Crippen LogP contribution in [0.4, 0.5) is 10.1 Å². The normalized spacial score (nSPS) is 11.5. The molecule has 0 aliphatic heterocycles. The number of hydrogen-bond donors (Lipinski definition) is 2. The van der Waals surface area contributed by atoms with Gasteiger partial charge in [0.1, 0.15) is 5.82 Å². The highest BCUT2D eigenvalue weighted by Crippen LogP contribution is 2.17. The van der Waals surface area contributed by atoms with Crippen molar-refractivity contribution < 1.29 is 12.8 Å². The number of nitrogens with two attached hydrogens (primary N) is 1. The summed E-state index contributed by atoms with van der Waals surface area (Å²) in [5, 5.41) is 0. The van der Waals surface area contributed by atoms with Gasteiger partial charge in [-0.2, -0.15) is 0 Å². The Labute approximate surface area is 125 Å². The van der Waals surface area contributed by atoms with Crippen LogP contribution in [0.3, 0.4) is 0 Å². The predicted octanol–water partition coefficient (Wildman–Crippen LogP) is 2.65. The first-order valence-corrected chi connectivity index (χ1v) is 7.95. The molecule has 0 unspecified atom stereocenters. The molecule has 106 valence electrons. The van der Waals surface area contributed by atoms with E-state index < -0.39 is 15.8 Å². The topological polar surface area (TPSA) is 72.2 Å². The standard InChI is InChI=1S/C13H12BrFN2O2S/c14-10-1-6-13(15)9(7-10)8-17-20(18,19)12-4-2-11(16)3-5-12/h1-7,17H,8,16H2. The van der Waals surface area contributed by atoms with Crippen molar-refractivity contribution >= 4 is 31.6 Å². The van der Waals surface area contributed by atoms with Crippen LogP contribution in [0, 0.1) is 5.82 Å². The molecule has 0 aromatic heterocycles. The SMILES string of the molecule is Nc1ccc(S(=O)(=O)NCc2cc(Br)ccc2F)cc1. The van der Waals surface area contributed by atoms with E-state index in [2.05, 4.69) is 20.7 Å². The van der Waals surface area contributed by atoms with Gasteiger partial charge in [0.05, 0.1) is 4.90 Å². The van der Waals surface area contributed by atoms with E-state index in [1.807, 2.05) is 0 Å². The minimum Gasteiger partial charge on any atom is -0.399 e. The Balaban J connectivity index is 2.17. The molecule has 2 aromatic carbocycles. The van der Waals surface area contributed by atoms with E-state index in [4.69, 9.17) is 5.73 Å². The minimum absolute atomic E-state index is 0.0853. The summed E-state index contributed by atoms with van der Waals surface area (Å²) in [6.07, 6.45) is 0. The molecule has 0 saturated heterocycles. The molecule has 20 heavy (non-hydrogen) atoms. The lowest BCUT2D eigenvalue weighted by atomic mass is 10.2. The van der Waals surface area contributed by atoms with Crippen LogP contribution in [0.15, 0.2) is 51.8 Å². The van der Waals surface area contributed by atoms with Gasteiger partial charge in [0.2, 0.25) is 10.0 Å². The highest BCUT2D eigenvalue weighted by atomic mass is 79.9. The summed E-state index contributed by atoms with van der Waals surface area (Å²) in [6.45, 7) is -0.127. The highest BCUT2D eigenvalue weighted by Gasteiger charge is 2.14. The van der Waals surface area contributed by atoms with Gasteiger partial charge < -0.3 is 5.73 Å². The maximum atomic E-state index is 13.5.